The second-order valence-electron chi connectivity index (χ2n) is 4.86. The average molecular weight is 320 g/mol. The molecular weight excluding hydrogens is 300 g/mol. The number of imidazole rings is 1. The first-order valence-electron chi connectivity index (χ1n) is 6.88. The number of hydrogen-bond donors (Lipinski definition) is 5. The Morgan fingerprint density at radius 3 is 2.09 bits per heavy atom. The van der Waals surface area contributed by atoms with Gasteiger partial charge in [-0.15, -0.1) is 0 Å². The molecule has 124 valence electrons. The van der Waals surface area contributed by atoms with Crippen molar-refractivity contribution in [3.05, 3.63) is 54.1 Å². The number of benzene rings is 1. The fraction of sp³-hybridized carbons (Fsp3) is 0.267. The molecule has 0 fully saturated rings. The van der Waals surface area contributed by atoms with Crippen molar-refractivity contribution in [1.82, 2.24) is 9.97 Å². The number of nitrogens with two attached hydrogens (primary N) is 2. The summed E-state index contributed by atoms with van der Waals surface area (Å²) in [6.45, 7) is 0. The number of aliphatic carboxylic acids is 2. The molecule has 8 nitrogen and oxygen atoms in total. The molecule has 2 aromatic rings. The van der Waals surface area contributed by atoms with Crippen LogP contribution < -0.4 is 11.5 Å². The van der Waals surface area contributed by atoms with E-state index in [2.05, 4.69) is 9.97 Å². The monoisotopic (exact) mass is 320 g/mol. The maximum atomic E-state index is 10.4. The topological polar surface area (TPSA) is 155 Å². The number of carboxylic acids is 2. The highest BCUT2D eigenvalue weighted by Gasteiger charge is 2.12. The van der Waals surface area contributed by atoms with Crippen molar-refractivity contribution in [1.29, 1.82) is 0 Å². The lowest BCUT2D eigenvalue weighted by atomic mass is 10.1. The molecule has 1 aromatic carbocycles. The van der Waals surface area contributed by atoms with Crippen LogP contribution in [0.25, 0.3) is 0 Å². The van der Waals surface area contributed by atoms with Crippen molar-refractivity contribution in [3.8, 4) is 0 Å². The van der Waals surface area contributed by atoms with Gasteiger partial charge >= 0.3 is 11.9 Å². The minimum absolute atomic E-state index is 0.287. The van der Waals surface area contributed by atoms with Gasteiger partial charge in [-0.25, -0.2) is 4.98 Å². The van der Waals surface area contributed by atoms with Gasteiger partial charge in [0.25, 0.3) is 0 Å². The Morgan fingerprint density at radius 2 is 1.61 bits per heavy atom. The van der Waals surface area contributed by atoms with Crippen LogP contribution in [0.4, 0.5) is 0 Å². The Balaban J connectivity index is 0.000000231. The molecule has 8 heteroatoms. The summed E-state index contributed by atoms with van der Waals surface area (Å²) in [6, 6.07) is 7.69. The molecule has 2 atom stereocenters. The van der Waals surface area contributed by atoms with Gasteiger partial charge in [0.05, 0.1) is 6.33 Å². The van der Waals surface area contributed by atoms with Crippen molar-refractivity contribution in [3.63, 3.8) is 0 Å². The van der Waals surface area contributed by atoms with E-state index in [4.69, 9.17) is 21.7 Å². The molecule has 23 heavy (non-hydrogen) atoms. The van der Waals surface area contributed by atoms with Crippen molar-refractivity contribution in [2.24, 2.45) is 11.5 Å². The molecule has 0 saturated heterocycles. The van der Waals surface area contributed by atoms with Crippen molar-refractivity contribution < 1.29 is 19.8 Å². The number of carbonyl (C=O) groups is 2. The third-order valence-electron chi connectivity index (χ3n) is 2.93. The summed E-state index contributed by atoms with van der Waals surface area (Å²) in [6.07, 6.45) is 3.72. The third-order valence-corrected chi connectivity index (χ3v) is 2.93. The molecule has 1 heterocycles. The number of rotatable bonds is 6. The number of aromatic amines is 1. The van der Waals surface area contributed by atoms with Gasteiger partial charge in [-0.05, 0) is 12.0 Å². The molecule has 0 radical (unpaired) electrons. The first kappa shape index (κ1) is 18.3. The van der Waals surface area contributed by atoms with Crippen LogP contribution in [0.1, 0.15) is 11.3 Å². The Labute approximate surface area is 133 Å². The van der Waals surface area contributed by atoms with Gasteiger partial charge in [0, 0.05) is 18.3 Å². The van der Waals surface area contributed by atoms with E-state index in [1.165, 1.54) is 6.33 Å². The molecule has 1 aromatic heterocycles. The van der Waals surface area contributed by atoms with Crippen LogP contribution in [0.5, 0.6) is 0 Å². The van der Waals surface area contributed by atoms with Crippen LogP contribution in [0.15, 0.2) is 42.9 Å². The van der Waals surface area contributed by atoms with E-state index >= 15 is 0 Å². The van der Waals surface area contributed by atoms with E-state index in [0.29, 0.717) is 6.42 Å². The molecule has 0 amide bonds. The zero-order valence-corrected chi connectivity index (χ0v) is 12.4. The fourth-order valence-corrected chi connectivity index (χ4v) is 1.68. The van der Waals surface area contributed by atoms with Crippen molar-refractivity contribution in [2.45, 2.75) is 24.9 Å². The zero-order valence-electron chi connectivity index (χ0n) is 12.4. The molecule has 0 spiro atoms. The summed E-state index contributed by atoms with van der Waals surface area (Å²) in [7, 11) is 0. The Hall–Kier alpha value is -2.71. The van der Waals surface area contributed by atoms with Gasteiger partial charge in [-0.1, -0.05) is 30.3 Å². The summed E-state index contributed by atoms with van der Waals surface area (Å²) < 4.78 is 0. The SMILES string of the molecule is N[C@@H](Cc1ccccc1)C(=O)O.N[C@@H](Cc1cnc[nH]1)C(=O)O. The van der Waals surface area contributed by atoms with Crippen LogP contribution in [-0.4, -0.2) is 44.2 Å². The Kier molecular flexibility index (Phi) is 7.44. The average Bonchev–Trinajstić information content (AvgIpc) is 3.01. The fourth-order valence-electron chi connectivity index (χ4n) is 1.68. The first-order chi connectivity index (χ1) is 10.9. The minimum Gasteiger partial charge on any atom is -0.480 e. The number of nitrogens with zero attached hydrogens (tertiary/aromatic N) is 1. The second kappa shape index (κ2) is 9.34. The number of carboxylic acid groups (broad SMARTS) is 2. The highest BCUT2D eigenvalue weighted by molar-refractivity contribution is 5.73. The molecular formula is C15H20N4O4. The van der Waals surface area contributed by atoms with Crippen LogP contribution >= 0.6 is 0 Å². The zero-order chi connectivity index (χ0) is 17.2. The lowest BCUT2D eigenvalue weighted by molar-refractivity contribution is -0.139. The summed E-state index contributed by atoms with van der Waals surface area (Å²) in [4.78, 5) is 27.1. The maximum absolute atomic E-state index is 10.4. The van der Waals surface area contributed by atoms with Crippen LogP contribution in [0.2, 0.25) is 0 Å². The number of nitrogens with one attached hydrogen (secondary N) is 1. The van der Waals surface area contributed by atoms with E-state index in [9.17, 15) is 9.59 Å². The minimum atomic E-state index is -1.00. The largest absolute Gasteiger partial charge is 0.480 e. The van der Waals surface area contributed by atoms with E-state index in [-0.39, 0.29) is 6.42 Å². The molecule has 0 aliphatic rings. The quantitative estimate of drug-likeness (QED) is 0.501. The predicted molar refractivity (Wildman–Crippen MR) is 83.7 cm³/mol. The van der Waals surface area contributed by atoms with Crippen LogP contribution in [0, 0.1) is 0 Å². The van der Waals surface area contributed by atoms with Gasteiger partial charge in [-0.2, -0.15) is 0 Å². The van der Waals surface area contributed by atoms with E-state index < -0.39 is 24.0 Å². The second-order valence-corrected chi connectivity index (χ2v) is 4.86. The molecule has 0 unspecified atom stereocenters. The van der Waals surface area contributed by atoms with Gasteiger partial charge in [0.15, 0.2) is 0 Å². The molecule has 2 rings (SSSR count). The lowest BCUT2D eigenvalue weighted by Crippen LogP contribution is -2.32. The summed E-state index contributed by atoms with van der Waals surface area (Å²) >= 11 is 0. The van der Waals surface area contributed by atoms with E-state index in [1.54, 1.807) is 6.20 Å². The van der Waals surface area contributed by atoms with E-state index in [0.717, 1.165) is 11.3 Å². The van der Waals surface area contributed by atoms with Crippen LogP contribution in [0.3, 0.4) is 0 Å². The molecule has 0 saturated carbocycles. The van der Waals surface area contributed by atoms with Crippen LogP contribution in [-0.2, 0) is 22.4 Å². The molecule has 7 N–H and O–H groups in total. The number of hydrogen-bond acceptors (Lipinski definition) is 5. The van der Waals surface area contributed by atoms with Gasteiger partial charge in [0.2, 0.25) is 0 Å². The standard InChI is InChI=1S/C9H11NO2.C6H9N3O2/c10-8(9(11)12)6-7-4-2-1-3-5-7;7-5(6(10)11)1-4-2-8-3-9-4/h1-5,8H,6,10H2,(H,11,12);2-3,5H,1,7H2,(H,8,9)(H,10,11)/t8-;5-/m00/s1. The van der Waals surface area contributed by atoms with Gasteiger partial charge in [-0.3, -0.25) is 9.59 Å². The van der Waals surface area contributed by atoms with Gasteiger partial charge < -0.3 is 26.7 Å². The maximum Gasteiger partial charge on any atom is 0.320 e. The van der Waals surface area contributed by atoms with E-state index in [1.807, 2.05) is 30.3 Å². The molecule has 0 aliphatic heterocycles. The van der Waals surface area contributed by atoms with Crippen molar-refractivity contribution >= 4 is 11.9 Å². The first-order valence-corrected chi connectivity index (χ1v) is 6.88. The lowest BCUT2D eigenvalue weighted by Gasteiger charge is -2.04. The predicted octanol–water partition coefficient (Wildman–Crippen LogP) is 0.00510. The van der Waals surface area contributed by atoms with Gasteiger partial charge in [0.1, 0.15) is 12.1 Å². The molecule has 0 bridgehead atoms. The number of aromatic nitrogens is 2. The summed E-state index contributed by atoms with van der Waals surface area (Å²) in [5, 5.41) is 16.9. The highest BCUT2D eigenvalue weighted by atomic mass is 16.4. The highest BCUT2D eigenvalue weighted by Crippen LogP contribution is 2.01. The number of H-pyrrole nitrogens is 1. The Morgan fingerprint density at radius 1 is 1.04 bits per heavy atom. The third kappa shape index (κ3) is 7.21. The summed E-state index contributed by atoms with van der Waals surface area (Å²) in [5.41, 5.74) is 12.3. The smallest absolute Gasteiger partial charge is 0.320 e. The molecule has 0 aliphatic carbocycles. The Bertz CT molecular complexity index is 601. The normalized spacial score (nSPS) is 12.6. The summed E-state index contributed by atoms with van der Waals surface area (Å²) in [5.74, 6) is -1.96. The van der Waals surface area contributed by atoms with Crippen molar-refractivity contribution in [2.75, 3.05) is 0 Å².